The Morgan fingerprint density at radius 3 is 2.22 bits per heavy atom. The summed E-state index contributed by atoms with van der Waals surface area (Å²) in [5.74, 6) is 0.314. The van der Waals surface area contributed by atoms with Crippen molar-refractivity contribution >= 4 is 11.8 Å². The first-order valence-corrected chi connectivity index (χ1v) is 11.5. The van der Waals surface area contributed by atoms with E-state index in [0.29, 0.717) is 58.4 Å². The third-order valence-electron chi connectivity index (χ3n) is 6.24. The monoisotopic (exact) mass is 435 g/mol. The average molecular weight is 436 g/mol. The smallest absolute Gasteiger partial charge is 0.223 e. The van der Waals surface area contributed by atoms with Crippen LogP contribution in [0.25, 0.3) is 0 Å². The highest BCUT2D eigenvalue weighted by Crippen LogP contribution is 2.17. The molecule has 0 spiro atoms. The molecular formula is C25H33N5O2. The largest absolute Gasteiger partial charge is 0.339 e. The Bertz CT molecular complexity index is 953. The third kappa shape index (κ3) is 6.19. The molecule has 3 rings (SSSR count). The predicted molar refractivity (Wildman–Crippen MR) is 123 cm³/mol. The minimum absolute atomic E-state index is 0.129. The van der Waals surface area contributed by atoms with E-state index in [4.69, 9.17) is 5.26 Å². The molecule has 7 heteroatoms. The number of amides is 2. The van der Waals surface area contributed by atoms with E-state index in [1.165, 1.54) is 5.56 Å². The molecule has 0 radical (unpaired) electrons. The normalized spacial score (nSPS) is 13.8. The van der Waals surface area contributed by atoms with Crippen LogP contribution >= 0.6 is 0 Å². The summed E-state index contributed by atoms with van der Waals surface area (Å²) in [6.07, 6.45) is 3.84. The van der Waals surface area contributed by atoms with Crippen LogP contribution in [0.15, 0.2) is 30.3 Å². The second kappa shape index (κ2) is 11.5. The van der Waals surface area contributed by atoms with Crippen molar-refractivity contribution in [2.45, 2.75) is 58.9 Å². The van der Waals surface area contributed by atoms with Crippen LogP contribution < -0.4 is 0 Å². The lowest BCUT2D eigenvalue weighted by atomic mass is 10.1. The fourth-order valence-electron chi connectivity index (χ4n) is 4.31. The van der Waals surface area contributed by atoms with Crippen molar-refractivity contribution in [3.63, 3.8) is 0 Å². The Morgan fingerprint density at radius 1 is 0.969 bits per heavy atom. The molecule has 2 amide bonds. The summed E-state index contributed by atoms with van der Waals surface area (Å²) >= 11 is 0. The van der Waals surface area contributed by atoms with Gasteiger partial charge in [-0.05, 0) is 44.2 Å². The second-order valence-corrected chi connectivity index (χ2v) is 8.38. The van der Waals surface area contributed by atoms with Gasteiger partial charge in [0.05, 0.1) is 24.7 Å². The first-order chi connectivity index (χ1) is 15.5. The Labute approximate surface area is 190 Å². The van der Waals surface area contributed by atoms with Gasteiger partial charge in [0.1, 0.15) is 0 Å². The van der Waals surface area contributed by atoms with Gasteiger partial charge in [0.25, 0.3) is 0 Å². The van der Waals surface area contributed by atoms with Gasteiger partial charge in [-0.3, -0.25) is 14.3 Å². The maximum Gasteiger partial charge on any atom is 0.223 e. The van der Waals surface area contributed by atoms with Crippen LogP contribution in [-0.2, 0) is 29.0 Å². The maximum absolute atomic E-state index is 12.7. The number of hydrogen-bond acceptors (Lipinski definition) is 4. The summed E-state index contributed by atoms with van der Waals surface area (Å²) in [4.78, 5) is 29.0. The molecule has 1 aromatic carbocycles. The number of nitriles is 1. The lowest BCUT2D eigenvalue weighted by molar-refractivity contribution is -0.139. The SMILES string of the molecule is Cc1nn(CCC#N)c(C)c1CCC(=O)N1CCN(C(=O)CCCc2ccccc2)CC1. The second-order valence-electron chi connectivity index (χ2n) is 8.38. The summed E-state index contributed by atoms with van der Waals surface area (Å²) in [6, 6.07) is 12.4. The van der Waals surface area contributed by atoms with E-state index >= 15 is 0 Å². The summed E-state index contributed by atoms with van der Waals surface area (Å²) in [5, 5.41) is 13.3. The first kappa shape index (κ1) is 23.5. The van der Waals surface area contributed by atoms with Crippen LogP contribution in [0, 0.1) is 25.2 Å². The standard InChI is InChI=1S/C25H33N5O2/c1-20-23(21(2)30(27-20)15-7-14-26)12-13-25(32)29-18-16-28(17-19-29)24(31)11-6-10-22-8-4-3-5-9-22/h3-5,8-9H,6-7,10-13,15-19H2,1-2H3. The summed E-state index contributed by atoms with van der Waals surface area (Å²) in [6.45, 7) is 6.96. The number of aromatic nitrogens is 2. The van der Waals surface area contributed by atoms with Gasteiger partial charge < -0.3 is 9.80 Å². The molecule has 170 valence electrons. The van der Waals surface area contributed by atoms with Gasteiger partial charge in [-0.2, -0.15) is 10.4 Å². The highest BCUT2D eigenvalue weighted by molar-refractivity contribution is 5.78. The van der Waals surface area contributed by atoms with Crippen molar-refractivity contribution in [1.82, 2.24) is 19.6 Å². The van der Waals surface area contributed by atoms with Crippen LogP contribution in [0.2, 0.25) is 0 Å². The molecule has 0 N–H and O–H groups in total. The van der Waals surface area contributed by atoms with Crippen LogP contribution in [0.1, 0.15) is 48.2 Å². The molecule has 7 nitrogen and oxygen atoms in total. The molecule has 0 saturated carbocycles. The number of carbonyl (C=O) groups excluding carboxylic acids is 2. The average Bonchev–Trinajstić information content (AvgIpc) is 3.09. The zero-order valence-corrected chi connectivity index (χ0v) is 19.2. The van der Waals surface area contributed by atoms with Gasteiger partial charge in [-0.15, -0.1) is 0 Å². The van der Waals surface area contributed by atoms with Crippen LogP contribution in [0.4, 0.5) is 0 Å². The van der Waals surface area contributed by atoms with E-state index in [-0.39, 0.29) is 11.8 Å². The van der Waals surface area contributed by atoms with E-state index in [9.17, 15) is 9.59 Å². The number of piperazine rings is 1. The van der Waals surface area contributed by atoms with Crippen molar-refractivity contribution in [2.24, 2.45) is 0 Å². The first-order valence-electron chi connectivity index (χ1n) is 11.5. The molecule has 2 aromatic rings. The Morgan fingerprint density at radius 2 is 1.59 bits per heavy atom. The lowest BCUT2D eigenvalue weighted by Gasteiger charge is -2.35. The van der Waals surface area contributed by atoms with E-state index in [1.807, 2.05) is 46.5 Å². The van der Waals surface area contributed by atoms with Crippen LogP contribution in [0.3, 0.4) is 0 Å². The van der Waals surface area contributed by atoms with Crippen molar-refractivity contribution in [3.8, 4) is 6.07 Å². The predicted octanol–water partition coefficient (Wildman–Crippen LogP) is 3.04. The zero-order valence-electron chi connectivity index (χ0n) is 19.2. The van der Waals surface area contributed by atoms with E-state index in [0.717, 1.165) is 29.8 Å². The molecule has 1 aliphatic rings. The topological polar surface area (TPSA) is 82.2 Å². The maximum atomic E-state index is 12.7. The van der Waals surface area contributed by atoms with Crippen LogP contribution in [-0.4, -0.2) is 57.6 Å². The molecule has 1 aliphatic heterocycles. The number of aryl methyl sites for hydroxylation is 3. The highest BCUT2D eigenvalue weighted by Gasteiger charge is 2.24. The summed E-state index contributed by atoms with van der Waals surface area (Å²) < 4.78 is 1.86. The van der Waals surface area contributed by atoms with Crippen LogP contribution in [0.5, 0.6) is 0 Å². The van der Waals surface area contributed by atoms with Gasteiger partial charge in [0.15, 0.2) is 0 Å². The third-order valence-corrected chi connectivity index (χ3v) is 6.24. The quantitative estimate of drug-likeness (QED) is 0.606. The van der Waals surface area contributed by atoms with E-state index < -0.39 is 0 Å². The minimum atomic E-state index is 0.129. The molecule has 0 unspecified atom stereocenters. The van der Waals surface area contributed by atoms with Crippen molar-refractivity contribution < 1.29 is 9.59 Å². The molecule has 0 atom stereocenters. The Kier molecular flexibility index (Phi) is 8.43. The molecule has 2 heterocycles. The number of hydrogen-bond donors (Lipinski definition) is 0. The molecule has 0 bridgehead atoms. The van der Waals surface area contributed by atoms with E-state index in [2.05, 4.69) is 23.3 Å². The molecule has 32 heavy (non-hydrogen) atoms. The molecule has 1 saturated heterocycles. The number of nitrogens with zero attached hydrogens (tertiary/aromatic N) is 5. The highest BCUT2D eigenvalue weighted by atomic mass is 16.2. The molecular weight excluding hydrogens is 402 g/mol. The number of carbonyl (C=O) groups is 2. The van der Waals surface area contributed by atoms with Gasteiger partial charge >= 0.3 is 0 Å². The number of benzene rings is 1. The van der Waals surface area contributed by atoms with Crippen molar-refractivity contribution in [1.29, 1.82) is 5.26 Å². The van der Waals surface area contributed by atoms with Gasteiger partial charge in [-0.1, -0.05) is 30.3 Å². The summed E-state index contributed by atoms with van der Waals surface area (Å²) in [7, 11) is 0. The fraction of sp³-hybridized carbons (Fsp3) is 0.520. The Balaban J connectivity index is 1.40. The van der Waals surface area contributed by atoms with Gasteiger partial charge in [-0.25, -0.2) is 0 Å². The van der Waals surface area contributed by atoms with Crippen molar-refractivity contribution in [2.75, 3.05) is 26.2 Å². The fourth-order valence-corrected chi connectivity index (χ4v) is 4.31. The van der Waals surface area contributed by atoms with Gasteiger partial charge in [0, 0.05) is 44.7 Å². The van der Waals surface area contributed by atoms with E-state index in [1.54, 1.807) is 0 Å². The van der Waals surface area contributed by atoms with Crippen molar-refractivity contribution in [3.05, 3.63) is 52.8 Å². The summed E-state index contributed by atoms with van der Waals surface area (Å²) in [5.41, 5.74) is 4.33. The number of rotatable bonds is 9. The lowest BCUT2D eigenvalue weighted by Crippen LogP contribution is -2.50. The minimum Gasteiger partial charge on any atom is -0.339 e. The molecule has 1 aromatic heterocycles. The molecule has 0 aliphatic carbocycles. The zero-order chi connectivity index (χ0) is 22.9. The molecule has 1 fully saturated rings. The van der Waals surface area contributed by atoms with Gasteiger partial charge in [0.2, 0.25) is 11.8 Å². The Hall–Kier alpha value is -3.14.